The third kappa shape index (κ3) is 5.95. The van der Waals surface area contributed by atoms with Gasteiger partial charge in [-0.25, -0.2) is 5.43 Å². The molecule has 0 saturated carbocycles. The van der Waals surface area contributed by atoms with Gasteiger partial charge in [-0.05, 0) is 48.3 Å². The number of hydrogen-bond donors (Lipinski definition) is 1. The normalized spacial score (nSPS) is 12.4. The molecule has 0 aliphatic carbocycles. The highest BCUT2D eigenvalue weighted by atomic mass is 16.5. The molecule has 0 bridgehead atoms. The fraction of sp³-hybridized carbons (Fsp3) is 0.300. The average molecular weight is 340 g/mol. The van der Waals surface area contributed by atoms with Crippen LogP contribution >= 0.6 is 0 Å². The lowest BCUT2D eigenvalue weighted by Crippen LogP contribution is -2.26. The Labute approximate surface area is 148 Å². The minimum absolute atomic E-state index is 0.0571. The molecule has 1 aromatic carbocycles. The van der Waals surface area contributed by atoms with E-state index in [2.05, 4.69) is 31.3 Å². The molecule has 5 nitrogen and oxygen atoms in total. The molecule has 5 heteroatoms. The Balaban J connectivity index is 1.88. The van der Waals surface area contributed by atoms with Crippen LogP contribution < -0.4 is 10.2 Å². The monoisotopic (exact) mass is 340 g/mol. The van der Waals surface area contributed by atoms with Gasteiger partial charge >= 0.3 is 0 Å². The first kappa shape index (κ1) is 18.5. The second-order valence-electron chi connectivity index (χ2n) is 6.67. The Morgan fingerprint density at radius 3 is 2.68 bits per heavy atom. The summed E-state index contributed by atoms with van der Waals surface area (Å²) in [5.74, 6) is 1.13. The van der Waals surface area contributed by atoms with Crippen molar-refractivity contribution in [1.29, 1.82) is 0 Å². The molecule has 0 radical (unpaired) electrons. The minimum atomic E-state index is -0.311. The second kappa shape index (κ2) is 8.33. The van der Waals surface area contributed by atoms with Gasteiger partial charge in [0.2, 0.25) is 0 Å². The van der Waals surface area contributed by atoms with Gasteiger partial charge in [-0.2, -0.15) is 5.10 Å². The van der Waals surface area contributed by atoms with Gasteiger partial charge in [-0.3, -0.25) is 4.79 Å². The summed E-state index contributed by atoms with van der Waals surface area (Å²) >= 11 is 0. The number of carbonyl (C=O) groups excluding carboxylic acids is 1. The maximum atomic E-state index is 11.9. The van der Waals surface area contributed by atoms with E-state index in [9.17, 15) is 4.79 Å². The van der Waals surface area contributed by atoms with E-state index < -0.39 is 0 Å². The number of furan rings is 1. The Hall–Kier alpha value is -2.82. The van der Waals surface area contributed by atoms with Crippen molar-refractivity contribution in [3.05, 3.63) is 60.1 Å². The lowest BCUT2D eigenvalue weighted by molar-refractivity contribution is -0.123. The van der Waals surface area contributed by atoms with E-state index in [1.165, 1.54) is 0 Å². The zero-order valence-corrected chi connectivity index (χ0v) is 15.1. The highest BCUT2D eigenvalue weighted by Gasteiger charge is 2.18. The molecule has 0 fully saturated rings. The van der Waals surface area contributed by atoms with E-state index in [-0.39, 0.29) is 17.9 Å². The molecule has 1 heterocycles. The van der Waals surface area contributed by atoms with E-state index in [1.807, 2.05) is 30.3 Å². The van der Waals surface area contributed by atoms with E-state index in [0.29, 0.717) is 11.5 Å². The number of nitrogens with one attached hydrogen (secondary N) is 1. The number of rotatable bonds is 6. The van der Waals surface area contributed by atoms with Gasteiger partial charge in [0.15, 0.2) is 6.61 Å². The summed E-state index contributed by atoms with van der Waals surface area (Å²) in [6, 6.07) is 11.4. The standard InChI is InChI=1S/C20H24N2O3/c1-15(11-12-16-8-7-13-24-16)21-22-19(23)14-25-18-10-6-5-9-17(18)20(2,3)4/h5-13H,14H2,1-4H3,(H,22,23)/b12-11+,21-15-. The fourth-order valence-corrected chi connectivity index (χ4v) is 2.16. The largest absolute Gasteiger partial charge is 0.483 e. The summed E-state index contributed by atoms with van der Waals surface area (Å²) in [5, 5.41) is 4.02. The van der Waals surface area contributed by atoms with Crippen LogP contribution in [0, 0.1) is 0 Å². The molecule has 0 unspecified atom stereocenters. The third-order valence-electron chi connectivity index (χ3n) is 3.44. The van der Waals surface area contributed by atoms with Crippen LogP contribution in [0.5, 0.6) is 5.75 Å². The summed E-state index contributed by atoms with van der Waals surface area (Å²) in [5.41, 5.74) is 4.14. The molecular formula is C20H24N2O3. The lowest BCUT2D eigenvalue weighted by Gasteiger charge is -2.22. The van der Waals surface area contributed by atoms with Crippen LogP contribution in [0.25, 0.3) is 6.08 Å². The van der Waals surface area contributed by atoms with Gasteiger partial charge in [-0.1, -0.05) is 39.0 Å². The van der Waals surface area contributed by atoms with Gasteiger partial charge in [0.05, 0.1) is 12.0 Å². The summed E-state index contributed by atoms with van der Waals surface area (Å²) < 4.78 is 10.8. The van der Waals surface area contributed by atoms with Crippen molar-refractivity contribution in [2.75, 3.05) is 6.61 Å². The van der Waals surface area contributed by atoms with E-state index in [0.717, 1.165) is 11.3 Å². The predicted octanol–water partition coefficient (Wildman–Crippen LogP) is 4.16. The zero-order valence-electron chi connectivity index (χ0n) is 15.1. The number of amides is 1. The van der Waals surface area contributed by atoms with Crippen molar-refractivity contribution < 1.29 is 13.9 Å². The Morgan fingerprint density at radius 2 is 2.00 bits per heavy atom. The zero-order chi connectivity index (χ0) is 18.3. The molecule has 2 rings (SSSR count). The SMILES string of the molecule is CC(/C=C/c1ccco1)=N/NC(=O)COc1ccccc1C(C)(C)C. The second-order valence-corrected chi connectivity index (χ2v) is 6.67. The van der Waals surface area contributed by atoms with E-state index in [1.54, 1.807) is 31.4 Å². The number of hydrazone groups is 1. The lowest BCUT2D eigenvalue weighted by atomic mass is 9.86. The average Bonchev–Trinajstić information content (AvgIpc) is 3.09. The van der Waals surface area contributed by atoms with Crippen LogP contribution in [0.4, 0.5) is 0 Å². The van der Waals surface area contributed by atoms with Crippen molar-refractivity contribution in [3.63, 3.8) is 0 Å². The highest BCUT2D eigenvalue weighted by Crippen LogP contribution is 2.30. The number of para-hydroxylation sites is 1. The van der Waals surface area contributed by atoms with E-state index in [4.69, 9.17) is 9.15 Å². The van der Waals surface area contributed by atoms with Crippen LogP contribution in [-0.4, -0.2) is 18.2 Å². The molecule has 0 saturated heterocycles. The van der Waals surface area contributed by atoms with Crippen LogP contribution in [-0.2, 0) is 10.2 Å². The number of nitrogens with zero attached hydrogens (tertiary/aromatic N) is 1. The van der Waals surface area contributed by atoms with Gasteiger partial charge in [0.25, 0.3) is 5.91 Å². The van der Waals surface area contributed by atoms with Crippen molar-refractivity contribution in [2.45, 2.75) is 33.1 Å². The Kier molecular flexibility index (Phi) is 6.17. The first-order valence-corrected chi connectivity index (χ1v) is 8.13. The molecule has 0 aliphatic rings. The molecule has 1 aromatic heterocycles. The molecular weight excluding hydrogens is 316 g/mol. The quantitative estimate of drug-likeness (QED) is 0.634. The van der Waals surface area contributed by atoms with Crippen LogP contribution in [0.2, 0.25) is 0 Å². The highest BCUT2D eigenvalue weighted by molar-refractivity contribution is 5.96. The third-order valence-corrected chi connectivity index (χ3v) is 3.44. The molecule has 132 valence electrons. The van der Waals surface area contributed by atoms with Crippen molar-refractivity contribution in [1.82, 2.24) is 5.43 Å². The van der Waals surface area contributed by atoms with Gasteiger partial charge in [0.1, 0.15) is 11.5 Å². The molecule has 2 aromatic rings. The van der Waals surface area contributed by atoms with Crippen LogP contribution in [0.1, 0.15) is 39.0 Å². The maximum Gasteiger partial charge on any atom is 0.277 e. The Morgan fingerprint density at radius 1 is 1.24 bits per heavy atom. The van der Waals surface area contributed by atoms with Crippen molar-refractivity contribution in [2.24, 2.45) is 5.10 Å². The predicted molar refractivity (Wildman–Crippen MR) is 99.6 cm³/mol. The molecule has 1 amide bonds. The summed E-state index contributed by atoms with van der Waals surface area (Å²) in [6.45, 7) is 8.01. The van der Waals surface area contributed by atoms with Gasteiger partial charge < -0.3 is 9.15 Å². The first-order chi connectivity index (χ1) is 11.9. The van der Waals surface area contributed by atoms with Crippen LogP contribution in [0.15, 0.2) is 58.3 Å². The molecule has 25 heavy (non-hydrogen) atoms. The molecule has 0 spiro atoms. The number of carbonyl (C=O) groups is 1. The molecule has 1 N–H and O–H groups in total. The smallest absolute Gasteiger partial charge is 0.277 e. The van der Waals surface area contributed by atoms with E-state index >= 15 is 0 Å². The number of allylic oxidation sites excluding steroid dienone is 1. The maximum absolute atomic E-state index is 11.9. The summed E-state index contributed by atoms with van der Waals surface area (Å²) in [4.78, 5) is 11.9. The molecule has 0 aliphatic heterocycles. The summed E-state index contributed by atoms with van der Waals surface area (Å²) in [7, 11) is 0. The number of benzene rings is 1. The fourth-order valence-electron chi connectivity index (χ4n) is 2.16. The van der Waals surface area contributed by atoms with Gasteiger partial charge in [0, 0.05) is 0 Å². The minimum Gasteiger partial charge on any atom is -0.483 e. The molecule has 0 atom stereocenters. The number of ether oxygens (including phenoxy) is 1. The van der Waals surface area contributed by atoms with Crippen LogP contribution in [0.3, 0.4) is 0 Å². The number of hydrogen-bond acceptors (Lipinski definition) is 4. The Bertz CT molecular complexity index is 753. The summed E-state index contributed by atoms with van der Waals surface area (Å²) in [6.07, 6.45) is 5.14. The van der Waals surface area contributed by atoms with Crippen molar-refractivity contribution in [3.8, 4) is 5.75 Å². The first-order valence-electron chi connectivity index (χ1n) is 8.13. The topological polar surface area (TPSA) is 63.8 Å². The van der Waals surface area contributed by atoms with Gasteiger partial charge in [-0.15, -0.1) is 0 Å². The van der Waals surface area contributed by atoms with Crippen molar-refractivity contribution >= 4 is 17.7 Å².